The number of aliphatic hydroxyl groups excluding tert-OH is 1. The van der Waals surface area contributed by atoms with Crippen LogP contribution in [0.5, 0.6) is 0 Å². The Morgan fingerprint density at radius 2 is 2.16 bits per heavy atom. The van der Waals surface area contributed by atoms with E-state index in [4.69, 9.17) is 9.47 Å². The molecule has 2 unspecified atom stereocenters. The maximum atomic E-state index is 9.80. The van der Waals surface area contributed by atoms with Crippen LogP contribution in [0.2, 0.25) is 0 Å². The molecule has 0 aromatic carbocycles. The van der Waals surface area contributed by atoms with Crippen molar-refractivity contribution < 1.29 is 14.6 Å². The lowest BCUT2D eigenvalue weighted by Gasteiger charge is -2.17. The number of hydrogen-bond donors (Lipinski definition) is 2. The van der Waals surface area contributed by atoms with Crippen molar-refractivity contribution in [1.29, 1.82) is 0 Å². The van der Waals surface area contributed by atoms with Crippen molar-refractivity contribution in [2.24, 2.45) is 0 Å². The first-order valence-corrected chi connectivity index (χ1v) is 7.62. The van der Waals surface area contributed by atoms with Crippen LogP contribution in [0, 0.1) is 0 Å². The summed E-state index contributed by atoms with van der Waals surface area (Å²) in [5, 5.41) is 16.1. The van der Waals surface area contributed by atoms with E-state index in [-0.39, 0.29) is 6.04 Å². The molecule has 0 aliphatic rings. The standard InChI is InChI=1S/C13H24N2O3S/c1-3-12(13-14-5-8-19-13)15-9-11(16)10-18-7-6-17-4-2/h5,8,11-12,15-16H,3-4,6-7,9-10H2,1-2H3. The molecule has 0 saturated heterocycles. The fourth-order valence-corrected chi connectivity index (χ4v) is 2.43. The number of hydrogen-bond acceptors (Lipinski definition) is 6. The molecule has 0 fully saturated rings. The van der Waals surface area contributed by atoms with Gasteiger partial charge in [-0.2, -0.15) is 0 Å². The van der Waals surface area contributed by atoms with Crippen LogP contribution >= 0.6 is 11.3 Å². The third-order valence-corrected chi connectivity index (χ3v) is 3.53. The monoisotopic (exact) mass is 288 g/mol. The van der Waals surface area contributed by atoms with Gasteiger partial charge in [-0.15, -0.1) is 11.3 Å². The summed E-state index contributed by atoms with van der Waals surface area (Å²) in [6, 6.07) is 0.207. The molecule has 1 rings (SSSR count). The van der Waals surface area contributed by atoms with Crippen molar-refractivity contribution in [3.05, 3.63) is 16.6 Å². The Bertz CT molecular complexity index is 309. The summed E-state index contributed by atoms with van der Waals surface area (Å²) < 4.78 is 10.5. The largest absolute Gasteiger partial charge is 0.389 e. The van der Waals surface area contributed by atoms with Gasteiger partial charge in [-0.3, -0.25) is 0 Å². The van der Waals surface area contributed by atoms with Gasteiger partial charge in [0, 0.05) is 24.7 Å². The lowest BCUT2D eigenvalue weighted by Crippen LogP contribution is -2.33. The van der Waals surface area contributed by atoms with Crippen LogP contribution in [-0.2, 0) is 9.47 Å². The molecule has 1 heterocycles. The summed E-state index contributed by atoms with van der Waals surface area (Å²) in [6.07, 6.45) is 2.25. The molecule has 1 aromatic heterocycles. The molecule has 0 bridgehead atoms. The van der Waals surface area contributed by atoms with Crippen molar-refractivity contribution in [3.8, 4) is 0 Å². The highest BCUT2D eigenvalue weighted by atomic mass is 32.1. The Labute approximate surface area is 119 Å². The third kappa shape index (κ3) is 6.98. The van der Waals surface area contributed by atoms with E-state index < -0.39 is 6.10 Å². The molecule has 19 heavy (non-hydrogen) atoms. The zero-order chi connectivity index (χ0) is 13.9. The topological polar surface area (TPSA) is 63.6 Å². The van der Waals surface area contributed by atoms with Gasteiger partial charge in [-0.1, -0.05) is 6.92 Å². The maximum Gasteiger partial charge on any atom is 0.109 e. The first-order chi connectivity index (χ1) is 9.27. The summed E-state index contributed by atoms with van der Waals surface area (Å²) >= 11 is 1.63. The molecule has 0 radical (unpaired) electrons. The maximum absolute atomic E-state index is 9.80. The van der Waals surface area contributed by atoms with Crippen molar-refractivity contribution in [3.63, 3.8) is 0 Å². The number of nitrogens with zero attached hydrogens (tertiary/aromatic N) is 1. The van der Waals surface area contributed by atoms with E-state index in [1.54, 1.807) is 17.5 Å². The molecule has 0 amide bonds. The molecule has 0 saturated carbocycles. The van der Waals surface area contributed by atoms with Crippen molar-refractivity contribution in [2.45, 2.75) is 32.4 Å². The Balaban J connectivity index is 2.13. The summed E-state index contributed by atoms with van der Waals surface area (Å²) in [5.74, 6) is 0. The van der Waals surface area contributed by atoms with Crippen LogP contribution in [0.1, 0.15) is 31.3 Å². The van der Waals surface area contributed by atoms with Crippen LogP contribution < -0.4 is 5.32 Å². The lowest BCUT2D eigenvalue weighted by atomic mass is 10.2. The zero-order valence-corrected chi connectivity index (χ0v) is 12.5. The molecule has 5 nitrogen and oxygen atoms in total. The highest BCUT2D eigenvalue weighted by Crippen LogP contribution is 2.18. The van der Waals surface area contributed by atoms with Gasteiger partial charge < -0.3 is 19.9 Å². The first kappa shape index (κ1) is 16.5. The summed E-state index contributed by atoms with van der Waals surface area (Å²) in [4.78, 5) is 4.29. The molecule has 2 N–H and O–H groups in total. The van der Waals surface area contributed by atoms with Crippen LogP contribution in [-0.4, -0.2) is 49.2 Å². The average molecular weight is 288 g/mol. The third-order valence-electron chi connectivity index (χ3n) is 2.64. The normalized spacial score (nSPS) is 14.5. The van der Waals surface area contributed by atoms with E-state index in [0.29, 0.717) is 33.0 Å². The van der Waals surface area contributed by atoms with Crippen molar-refractivity contribution in [1.82, 2.24) is 10.3 Å². The summed E-state index contributed by atoms with van der Waals surface area (Å²) in [5.41, 5.74) is 0. The molecule has 0 aliphatic carbocycles. The highest BCUT2D eigenvalue weighted by Gasteiger charge is 2.13. The van der Waals surface area contributed by atoms with Gasteiger partial charge in [0.05, 0.1) is 32.0 Å². The molecule has 2 atom stereocenters. The van der Waals surface area contributed by atoms with Gasteiger partial charge in [0.15, 0.2) is 0 Å². The van der Waals surface area contributed by atoms with Crippen molar-refractivity contribution >= 4 is 11.3 Å². The van der Waals surface area contributed by atoms with E-state index in [0.717, 1.165) is 11.4 Å². The fraction of sp³-hybridized carbons (Fsp3) is 0.769. The van der Waals surface area contributed by atoms with E-state index in [9.17, 15) is 5.11 Å². The van der Waals surface area contributed by atoms with Gasteiger partial charge in [0.25, 0.3) is 0 Å². The van der Waals surface area contributed by atoms with Gasteiger partial charge in [0.2, 0.25) is 0 Å². The minimum Gasteiger partial charge on any atom is -0.389 e. The van der Waals surface area contributed by atoms with E-state index in [1.165, 1.54) is 0 Å². The second-order valence-corrected chi connectivity index (χ2v) is 5.09. The van der Waals surface area contributed by atoms with Crippen LogP contribution in [0.15, 0.2) is 11.6 Å². The molecule has 6 heteroatoms. The molecular weight excluding hydrogens is 264 g/mol. The number of aromatic nitrogens is 1. The Kier molecular flexibility index (Phi) is 8.94. The Morgan fingerprint density at radius 3 is 2.79 bits per heavy atom. The molecule has 0 spiro atoms. The second-order valence-electron chi connectivity index (χ2n) is 4.17. The van der Waals surface area contributed by atoms with Crippen LogP contribution in [0.4, 0.5) is 0 Å². The quantitative estimate of drug-likeness (QED) is 0.606. The van der Waals surface area contributed by atoms with E-state index >= 15 is 0 Å². The smallest absolute Gasteiger partial charge is 0.109 e. The second kappa shape index (κ2) is 10.3. The number of aliphatic hydroxyl groups is 1. The molecule has 1 aromatic rings. The van der Waals surface area contributed by atoms with E-state index in [1.807, 2.05) is 12.3 Å². The van der Waals surface area contributed by atoms with Gasteiger partial charge in [-0.25, -0.2) is 4.98 Å². The fourth-order valence-electron chi connectivity index (χ4n) is 1.63. The summed E-state index contributed by atoms with van der Waals surface area (Å²) in [7, 11) is 0. The molecule has 0 aliphatic heterocycles. The molecule has 110 valence electrons. The Hall–Kier alpha value is -0.530. The predicted molar refractivity (Wildman–Crippen MR) is 76.5 cm³/mol. The van der Waals surface area contributed by atoms with E-state index in [2.05, 4.69) is 17.2 Å². The summed E-state index contributed by atoms with van der Waals surface area (Å²) in [6.45, 7) is 6.68. The molecular formula is C13H24N2O3S. The highest BCUT2D eigenvalue weighted by molar-refractivity contribution is 7.09. The number of nitrogens with one attached hydrogen (secondary N) is 1. The number of rotatable bonds is 11. The SMILES string of the molecule is CCOCCOCC(O)CNC(CC)c1nccs1. The average Bonchev–Trinajstić information content (AvgIpc) is 2.93. The van der Waals surface area contributed by atoms with Crippen molar-refractivity contribution in [2.75, 3.05) is 33.0 Å². The number of thiazole rings is 1. The number of ether oxygens (including phenoxy) is 2. The zero-order valence-electron chi connectivity index (χ0n) is 11.7. The van der Waals surface area contributed by atoms with Gasteiger partial charge in [0.1, 0.15) is 5.01 Å². The van der Waals surface area contributed by atoms with Gasteiger partial charge in [-0.05, 0) is 13.3 Å². The first-order valence-electron chi connectivity index (χ1n) is 6.74. The van der Waals surface area contributed by atoms with Crippen LogP contribution in [0.25, 0.3) is 0 Å². The minimum absolute atomic E-state index is 0.207. The minimum atomic E-state index is -0.504. The van der Waals surface area contributed by atoms with Gasteiger partial charge >= 0.3 is 0 Å². The Morgan fingerprint density at radius 1 is 1.37 bits per heavy atom. The predicted octanol–water partition coefficient (Wildman–Crippen LogP) is 1.60. The lowest BCUT2D eigenvalue weighted by molar-refractivity contribution is 0.00567. The van der Waals surface area contributed by atoms with Crippen LogP contribution in [0.3, 0.4) is 0 Å².